The van der Waals surface area contributed by atoms with E-state index in [0.717, 1.165) is 89.9 Å². The monoisotopic (exact) mass is 1150 g/mol. The van der Waals surface area contributed by atoms with E-state index in [9.17, 15) is 28.9 Å². The molecule has 3 unspecified atom stereocenters. The zero-order chi connectivity index (χ0) is 58.3. The summed E-state index contributed by atoms with van der Waals surface area (Å²) in [4.78, 5) is 48.8. The van der Waals surface area contributed by atoms with Crippen LogP contribution in [-0.2, 0) is 42.2 Å². The van der Waals surface area contributed by atoms with Crippen LogP contribution in [0.15, 0.2) is 48.6 Å². The fraction of sp³-hybridized carbons (Fsp3) is 0.838. The molecule has 0 aromatic rings. The van der Waals surface area contributed by atoms with Crippen molar-refractivity contribution in [2.75, 3.05) is 26.4 Å². The summed E-state index contributed by atoms with van der Waals surface area (Å²) in [6.07, 6.45) is 69.1. The highest BCUT2D eigenvalue weighted by Gasteiger charge is 2.28. The fourth-order valence-electron chi connectivity index (χ4n) is 9.66. The second kappa shape index (κ2) is 62.5. The summed E-state index contributed by atoms with van der Waals surface area (Å²) in [6, 6.07) is 0. The molecule has 0 aliphatic heterocycles. The molecule has 0 aliphatic carbocycles. The molecule has 0 saturated carbocycles. The molecule has 0 aliphatic rings. The van der Waals surface area contributed by atoms with Crippen LogP contribution in [0, 0.1) is 0 Å². The van der Waals surface area contributed by atoms with Gasteiger partial charge in [0.25, 0.3) is 0 Å². The molecule has 0 rings (SSSR count). The van der Waals surface area contributed by atoms with Gasteiger partial charge in [0, 0.05) is 19.3 Å². The predicted molar refractivity (Wildman–Crippen MR) is 335 cm³/mol. The maximum Gasteiger partial charge on any atom is 0.472 e. The van der Waals surface area contributed by atoms with E-state index in [2.05, 4.69) is 69.4 Å². The number of carbonyl (C=O) groups is 3. The molecule has 80 heavy (non-hydrogen) atoms. The maximum absolute atomic E-state index is 13.0. The topological polar surface area (TPSA) is 155 Å². The van der Waals surface area contributed by atoms with Gasteiger partial charge < -0.3 is 24.2 Å². The number of hydrogen-bond acceptors (Lipinski definition) is 10. The lowest BCUT2D eigenvalue weighted by molar-refractivity contribution is -0.161. The largest absolute Gasteiger partial charge is 0.472 e. The number of phosphoric ester groups is 1. The third-order valence-corrected chi connectivity index (χ3v) is 15.7. The summed E-state index contributed by atoms with van der Waals surface area (Å²) in [5, 5.41) is 9.87. The van der Waals surface area contributed by atoms with Crippen molar-refractivity contribution in [2.24, 2.45) is 0 Å². The fourth-order valence-corrected chi connectivity index (χ4v) is 10.4. The molecule has 3 atom stereocenters. The first-order valence-corrected chi connectivity index (χ1v) is 35.0. The van der Waals surface area contributed by atoms with Crippen LogP contribution in [0.2, 0.25) is 0 Å². The number of rotatable bonds is 63. The number of esters is 3. The minimum absolute atomic E-state index is 0.158. The summed E-state index contributed by atoms with van der Waals surface area (Å²) < 4.78 is 39.8. The number of aliphatic hydroxyl groups is 1. The molecule has 0 fully saturated rings. The first-order valence-electron chi connectivity index (χ1n) is 33.5. The Kier molecular flexibility index (Phi) is 60.5. The van der Waals surface area contributed by atoms with Gasteiger partial charge in [-0.2, -0.15) is 0 Å². The summed E-state index contributed by atoms with van der Waals surface area (Å²) in [7, 11) is -4.75. The van der Waals surface area contributed by atoms with E-state index in [1.165, 1.54) is 180 Å². The Morgan fingerprint density at radius 1 is 0.362 bits per heavy atom. The summed E-state index contributed by atoms with van der Waals surface area (Å²) in [5.74, 6) is -1.45. The zero-order valence-electron chi connectivity index (χ0n) is 52.1. The van der Waals surface area contributed by atoms with Gasteiger partial charge in [-0.15, -0.1) is 0 Å². The lowest BCUT2D eigenvalue weighted by Crippen LogP contribution is -2.30. The number of carbonyl (C=O) groups excluding carboxylic acids is 3. The number of allylic oxidation sites excluding steroid dienone is 8. The minimum Gasteiger partial charge on any atom is -0.462 e. The molecule has 0 saturated heterocycles. The van der Waals surface area contributed by atoms with Gasteiger partial charge in [0.2, 0.25) is 0 Å². The number of unbranched alkanes of at least 4 members (excludes halogenated alkanes) is 38. The van der Waals surface area contributed by atoms with Crippen molar-refractivity contribution in [1.29, 1.82) is 0 Å². The van der Waals surface area contributed by atoms with Crippen LogP contribution < -0.4 is 0 Å². The van der Waals surface area contributed by atoms with Crippen LogP contribution in [0.3, 0.4) is 0 Å². The van der Waals surface area contributed by atoms with Crippen molar-refractivity contribution >= 4 is 25.7 Å². The molecule has 0 aromatic carbocycles. The van der Waals surface area contributed by atoms with E-state index in [0.29, 0.717) is 19.3 Å². The van der Waals surface area contributed by atoms with Gasteiger partial charge in [0.15, 0.2) is 6.10 Å². The van der Waals surface area contributed by atoms with Gasteiger partial charge in [-0.3, -0.25) is 23.4 Å². The molecule has 0 heterocycles. The Balaban J connectivity index is 4.66. The van der Waals surface area contributed by atoms with Gasteiger partial charge in [0.1, 0.15) is 12.7 Å². The first kappa shape index (κ1) is 77.4. The highest BCUT2D eigenvalue weighted by Crippen LogP contribution is 2.43. The van der Waals surface area contributed by atoms with Crippen LogP contribution in [0.5, 0.6) is 0 Å². The van der Waals surface area contributed by atoms with Gasteiger partial charge >= 0.3 is 25.7 Å². The van der Waals surface area contributed by atoms with Crippen LogP contribution >= 0.6 is 7.82 Å². The Morgan fingerprint density at radius 2 is 0.650 bits per heavy atom. The standard InChI is InChI=1S/C68H125O11P/c1-4-7-10-13-16-19-22-25-28-31-32-35-36-39-42-45-48-51-54-57-66(70)75-61-65(79-68(72)59-56-53-50-47-44-41-38-34-30-27-24-21-18-15-12-9-6-3)63-77-80(73,74)76-62-64(60-69)78-67(71)58-55-52-49-46-43-40-37-33-29-26-23-20-17-14-11-8-5-2/h9,12,18,21,25,27-28,30,64-65,69H,4-8,10-11,13-17,19-20,22-24,26,29,31-63H2,1-3H3,(H,73,74)/b12-9-,21-18-,28-25-,30-27-. The molecule has 0 amide bonds. The van der Waals surface area contributed by atoms with E-state index < -0.39 is 57.8 Å². The summed E-state index contributed by atoms with van der Waals surface area (Å²) >= 11 is 0. The third-order valence-electron chi connectivity index (χ3n) is 14.7. The molecule has 0 spiro atoms. The number of phosphoric acid groups is 1. The second-order valence-electron chi connectivity index (χ2n) is 22.6. The minimum atomic E-state index is -4.75. The normalized spacial score (nSPS) is 13.5. The van der Waals surface area contributed by atoms with Crippen LogP contribution in [0.1, 0.15) is 329 Å². The van der Waals surface area contributed by atoms with Gasteiger partial charge in [-0.25, -0.2) is 4.57 Å². The molecule has 468 valence electrons. The van der Waals surface area contributed by atoms with Gasteiger partial charge in [-0.05, 0) is 77.0 Å². The third kappa shape index (κ3) is 60.0. The quantitative estimate of drug-likeness (QED) is 0.0197. The van der Waals surface area contributed by atoms with Crippen LogP contribution in [0.4, 0.5) is 0 Å². The second-order valence-corrected chi connectivity index (χ2v) is 24.1. The molecule has 11 nitrogen and oxygen atoms in total. The van der Waals surface area contributed by atoms with E-state index in [1.807, 2.05) is 0 Å². The molecular formula is C68H125O11P. The molecular weight excluding hydrogens is 1020 g/mol. The lowest BCUT2D eigenvalue weighted by Gasteiger charge is -2.21. The van der Waals surface area contributed by atoms with Crippen molar-refractivity contribution in [3.8, 4) is 0 Å². The average Bonchev–Trinajstić information content (AvgIpc) is 3.45. The Hall–Kier alpha value is -2.56. The zero-order valence-corrected chi connectivity index (χ0v) is 53.0. The maximum atomic E-state index is 13.0. The number of ether oxygens (including phenoxy) is 3. The predicted octanol–water partition coefficient (Wildman–Crippen LogP) is 20.5. The smallest absolute Gasteiger partial charge is 0.462 e. The molecule has 0 radical (unpaired) electrons. The van der Waals surface area contributed by atoms with E-state index in [4.69, 9.17) is 23.3 Å². The Bertz CT molecular complexity index is 1530. The van der Waals surface area contributed by atoms with E-state index in [-0.39, 0.29) is 25.9 Å². The van der Waals surface area contributed by atoms with Crippen molar-refractivity contribution in [3.63, 3.8) is 0 Å². The van der Waals surface area contributed by atoms with Crippen molar-refractivity contribution in [1.82, 2.24) is 0 Å². The highest BCUT2D eigenvalue weighted by atomic mass is 31.2. The average molecular weight is 1150 g/mol. The highest BCUT2D eigenvalue weighted by molar-refractivity contribution is 7.47. The van der Waals surface area contributed by atoms with Crippen molar-refractivity contribution < 1.29 is 52.2 Å². The van der Waals surface area contributed by atoms with Crippen LogP contribution in [-0.4, -0.2) is 66.5 Å². The molecule has 2 N–H and O–H groups in total. The van der Waals surface area contributed by atoms with E-state index in [1.54, 1.807) is 0 Å². The van der Waals surface area contributed by atoms with Gasteiger partial charge in [-0.1, -0.05) is 281 Å². The summed E-state index contributed by atoms with van der Waals surface area (Å²) in [5.41, 5.74) is 0. The number of aliphatic hydroxyl groups excluding tert-OH is 1. The molecule has 12 heteroatoms. The van der Waals surface area contributed by atoms with Crippen molar-refractivity contribution in [2.45, 2.75) is 341 Å². The Morgan fingerprint density at radius 3 is 1.01 bits per heavy atom. The van der Waals surface area contributed by atoms with Crippen molar-refractivity contribution in [3.05, 3.63) is 48.6 Å². The SMILES string of the molecule is CC/C=C\C/C=C\C/C=C\CCCCCCCCCC(=O)OC(COC(=O)CCCCCCCCCCC/C=C\CCCCCCCC)COP(=O)(O)OCC(CO)OC(=O)CCCCCCCCCCCCCCCCCCC. The van der Waals surface area contributed by atoms with Crippen LogP contribution in [0.25, 0.3) is 0 Å². The molecule has 0 aromatic heterocycles. The Labute approximate surface area is 492 Å². The van der Waals surface area contributed by atoms with E-state index >= 15 is 0 Å². The molecule has 0 bridgehead atoms. The summed E-state index contributed by atoms with van der Waals surface area (Å²) in [6.45, 7) is 4.59. The lowest BCUT2D eigenvalue weighted by atomic mass is 10.0. The van der Waals surface area contributed by atoms with Gasteiger partial charge in [0.05, 0.1) is 19.8 Å². The number of hydrogen-bond donors (Lipinski definition) is 2. The first-order chi connectivity index (χ1) is 39.2.